The van der Waals surface area contributed by atoms with Crippen molar-refractivity contribution in [3.05, 3.63) is 34.9 Å². The van der Waals surface area contributed by atoms with Gasteiger partial charge in [-0.1, -0.05) is 18.2 Å². The molecular formula is C11H14O3. The van der Waals surface area contributed by atoms with E-state index < -0.39 is 5.97 Å². The van der Waals surface area contributed by atoms with Gasteiger partial charge in [-0.15, -0.1) is 0 Å². The van der Waals surface area contributed by atoms with Crippen LogP contribution in [0.4, 0.5) is 0 Å². The Morgan fingerprint density at radius 3 is 2.50 bits per heavy atom. The van der Waals surface area contributed by atoms with E-state index >= 15 is 0 Å². The predicted octanol–water partition coefficient (Wildman–Crippen LogP) is 1.45. The Morgan fingerprint density at radius 1 is 1.21 bits per heavy atom. The molecule has 1 N–H and O–H groups in total. The van der Waals surface area contributed by atoms with E-state index in [4.69, 9.17) is 9.47 Å². The highest BCUT2D eigenvalue weighted by molar-refractivity contribution is 5.35. The minimum Gasteiger partial charge on any atom is -0.339 e. The summed E-state index contributed by atoms with van der Waals surface area (Å²) in [5.41, 5.74) is 2.84. The molecule has 0 saturated carbocycles. The Morgan fingerprint density at radius 2 is 1.86 bits per heavy atom. The summed E-state index contributed by atoms with van der Waals surface area (Å²) in [6.07, 6.45) is 0. The highest BCUT2D eigenvalue weighted by Gasteiger charge is 2.37. The van der Waals surface area contributed by atoms with Crippen molar-refractivity contribution in [2.24, 2.45) is 0 Å². The van der Waals surface area contributed by atoms with Crippen molar-refractivity contribution in [1.29, 1.82) is 0 Å². The van der Waals surface area contributed by atoms with Crippen LogP contribution in [0.1, 0.15) is 16.7 Å². The summed E-state index contributed by atoms with van der Waals surface area (Å²) in [6.45, 7) is 4.82. The molecule has 1 fully saturated rings. The smallest absolute Gasteiger partial charge is 0.309 e. The van der Waals surface area contributed by atoms with E-state index in [1.807, 2.05) is 32.0 Å². The summed E-state index contributed by atoms with van der Waals surface area (Å²) >= 11 is 0. The molecule has 3 nitrogen and oxygen atoms in total. The molecule has 1 aliphatic heterocycles. The highest BCUT2D eigenvalue weighted by Crippen LogP contribution is 2.31. The van der Waals surface area contributed by atoms with Crippen LogP contribution in [0.15, 0.2) is 18.2 Å². The first-order chi connectivity index (χ1) is 6.63. The standard InChI is InChI=1S/C11H14O3/c1-8-4-3-5-10(9(8)2)11(12)13-6-7-14-11/h3-5,12H,6-7H2,1-2H3. The third-order valence-electron chi connectivity index (χ3n) is 2.62. The fourth-order valence-electron chi connectivity index (χ4n) is 1.65. The van der Waals surface area contributed by atoms with Gasteiger partial charge >= 0.3 is 5.97 Å². The van der Waals surface area contributed by atoms with Gasteiger partial charge in [-0.25, -0.2) is 0 Å². The summed E-state index contributed by atoms with van der Waals surface area (Å²) in [5, 5.41) is 10.0. The third kappa shape index (κ3) is 1.43. The Balaban J connectivity index is 2.45. The van der Waals surface area contributed by atoms with Crippen LogP contribution in [-0.2, 0) is 15.4 Å². The van der Waals surface area contributed by atoms with Gasteiger partial charge in [0.05, 0.1) is 13.2 Å². The maximum atomic E-state index is 10.0. The summed E-state index contributed by atoms with van der Waals surface area (Å²) in [4.78, 5) is 0. The van der Waals surface area contributed by atoms with Crippen LogP contribution < -0.4 is 0 Å². The number of hydrogen-bond acceptors (Lipinski definition) is 3. The SMILES string of the molecule is Cc1cccc(C2(O)OCCO2)c1C. The minimum absolute atomic E-state index is 0.434. The van der Waals surface area contributed by atoms with E-state index in [-0.39, 0.29) is 0 Å². The molecule has 76 valence electrons. The maximum Gasteiger partial charge on any atom is 0.309 e. The molecule has 0 amide bonds. The lowest BCUT2D eigenvalue weighted by molar-refractivity contribution is -0.317. The molecule has 1 aromatic rings. The molecule has 0 radical (unpaired) electrons. The van der Waals surface area contributed by atoms with Gasteiger partial charge in [0.1, 0.15) is 0 Å². The molecular weight excluding hydrogens is 180 g/mol. The Labute approximate surface area is 83.3 Å². The lowest BCUT2D eigenvalue weighted by Gasteiger charge is -2.23. The molecule has 0 aliphatic carbocycles. The molecule has 1 aliphatic rings. The van der Waals surface area contributed by atoms with Crippen molar-refractivity contribution in [2.75, 3.05) is 13.2 Å². The van der Waals surface area contributed by atoms with Gasteiger partial charge in [-0.3, -0.25) is 0 Å². The molecule has 0 aromatic heterocycles. The zero-order chi connectivity index (χ0) is 10.2. The van der Waals surface area contributed by atoms with Crippen LogP contribution >= 0.6 is 0 Å². The highest BCUT2D eigenvalue weighted by atomic mass is 16.8. The summed E-state index contributed by atoms with van der Waals surface area (Å²) in [5.74, 6) is -1.53. The summed E-state index contributed by atoms with van der Waals surface area (Å²) in [6, 6.07) is 5.71. The molecule has 1 aromatic carbocycles. The predicted molar refractivity (Wildman–Crippen MR) is 51.7 cm³/mol. The van der Waals surface area contributed by atoms with Crippen LogP contribution in [0.2, 0.25) is 0 Å². The number of ether oxygens (including phenoxy) is 2. The number of hydrogen-bond donors (Lipinski definition) is 1. The van der Waals surface area contributed by atoms with Gasteiger partial charge < -0.3 is 14.6 Å². The average Bonchev–Trinajstić information content (AvgIpc) is 2.58. The first-order valence-corrected chi connectivity index (χ1v) is 4.70. The van der Waals surface area contributed by atoms with Crippen molar-refractivity contribution < 1.29 is 14.6 Å². The van der Waals surface area contributed by atoms with Crippen LogP contribution in [0.3, 0.4) is 0 Å². The third-order valence-corrected chi connectivity index (χ3v) is 2.62. The van der Waals surface area contributed by atoms with Gasteiger partial charge in [-0.05, 0) is 25.0 Å². The molecule has 0 bridgehead atoms. The molecule has 3 heteroatoms. The second-order valence-electron chi connectivity index (χ2n) is 3.53. The van der Waals surface area contributed by atoms with Gasteiger partial charge in [0.25, 0.3) is 0 Å². The summed E-state index contributed by atoms with van der Waals surface area (Å²) in [7, 11) is 0. The van der Waals surface area contributed by atoms with E-state index in [1.165, 1.54) is 0 Å². The fraction of sp³-hybridized carbons (Fsp3) is 0.455. The topological polar surface area (TPSA) is 38.7 Å². The van der Waals surface area contributed by atoms with Crippen LogP contribution in [0.5, 0.6) is 0 Å². The van der Waals surface area contributed by atoms with Crippen LogP contribution in [0, 0.1) is 13.8 Å². The van der Waals surface area contributed by atoms with Crippen molar-refractivity contribution in [2.45, 2.75) is 19.8 Å². The number of aryl methyl sites for hydroxylation is 1. The Kier molecular flexibility index (Phi) is 2.31. The molecule has 0 unspecified atom stereocenters. The van der Waals surface area contributed by atoms with E-state index in [0.29, 0.717) is 18.8 Å². The summed E-state index contributed by atoms with van der Waals surface area (Å²) < 4.78 is 10.4. The lowest BCUT2D eigenvalue weighted by atomic mass is 10.0. The molecule has 14 heavy (non-hydrogen) atoms. The van der Waals surface area contributed by atoms with Crippen LogP contribution in [-0.4, -0.2) is 18.3 Å². The van der Waals surface area contributed by atoms with Crippen LogP contribution in [0.25, 0.3) is 0 Å². The van der Waals surface area contributed by atoms with E-state index in [9.17, 15) is 5.11 Å². The molecule has 0 spiro atoms. The molecule has 1 heterocycles. The normalized spacial score (nSPS) is 19.9. The van der Waals surface area contributed by atoms with E-state index in [1.54, 1.807) is 0 Å². The largest absolute Gasteiger partial charge is 0.339 e. The second kappa shape index (κ2) is 3.35. The van der Waals surface area contributed by atoms with Crippen molar-refractivity contribution in [3.63, 3.8) is 0 Å². The van der Waals surface area contributed by atoms with Crippen molar-refractivity contribution in [1.82, 2.24) is 0 Å². The Hall–Kier alpha value is -0.900. The van der Waals surface area contributed by atoms with E-state index in [2.05, 4.69) is 0 Å². The van der Waals surface area contributed by atoms with Gasteiger partial charge in [0.15, 0.2) is 0 Å². The fourth-order valence-corrected chi connectivity index (χ4v) is 1.65. The first-order valence-electron chi connectivity index (χ1n) is 4.70. The van der Waals surface area contributed by atoms with E-state index in [0.717, 1.165) is 11.1 Å². The van der Waals surface area contributed by atoms with Gasteiger partial charge in [0.2, 0.25) is 0 Å². The zero-order valence-electron chi connectivity index (χ0n) is 8.41. The first kappa shape index (κ1) is 9.65. The number of rotatable bonds is 1. The number of aliphatic hydroxyl groups is 1. The van der Waals surface area contributed by atoms with Gasteiger partial charge in [-0.2, -0.15) is 0 Å². The molecule has 2 rings (SSSR count). The lowest BCUT2D eigenvalue weighted by Crippen LogP contribution is -2.27. The zero-order valence-corrected chi connectivity index (χ0v) is 8.41. The second-order valence-corrected chi connectivity index (χ2v) is 3.53. The maximum absolute atomic E-state index is 10.0. The van der Waals surface area contributed by atoms with Gasteiger partial charge in [0, 0.05) is 5.56 Å². The Bertz CT molecular complexity index is 340. The average molecular weight is 194 g/mol. The molecule has 1 saturated heterocycles. The van der Waals surface area contributed by atoms with Crippen molar-refractivity contribution >= 4 is 0 Å². The van der Waals surface area contributed by atoms with Crippen molar-refractivity contribution in [3.8, 4) is 0 Å². The molecule has 0 atom stereocenters. The number of benzene rings is 1. The quantitative estimate of drug-likeness (QED) is 0.735. The minimum atomic E-state index is -1.53. The monoisotopic (exact) mass is 194 g/mol.